The lowest BCUT2D eigenvalue weighted by molar-refractivity contribution is 0.0955. The fraction of sp³-hybridized carbons (Fsp3) is 0.217. The van der Waals surface area contributed by atoms with Gasteiger partial charge in [0.1, 0.15) is 0 Å². The van der Waals surface area contributed by atoms with Gasteiger partial charge in [-0.2, -0.15) is 5.10 Å². The summed E-state index contributed by atoms with van der Waals surface area (Å²) in [5.74, 6) is 0.124. The second-order valence-electron chi connectivity index (χ2n) is 7.29. The van der Waals surface area contributed by atoms with Crippen LogP contribution in [-0.4, -0.2) is 32.7 Å². The average Bonchev–Trinajstić information content (AvgIpc) is 3.14. The Hall–Kier alpha value is -3.38. The molecule has 1 atom stereocenters. The number of methoxy groups -OCH3 is 1. The number of carbonyl (C=O) groups excluding carboxylic acids is 1. The summed E-state index contributed by atoms with van der Waals surface area (Å²) in [6, 6.07) is 20.1. The number of rotatable bonds is 4. The van der Waals surface area contributed by atoms with E-state index in [1.54, 1.807) is 11.6 Å². The second kappa shape index (κ2) is 7.22. The number of ketones is 1. The minimum absolute atomic E-state index is 0.0135. The first kappa shape index (κ1) is 17.7. The third-order valence-corrected chi connectivity index (χ3v) is 5.46. The molecule has 29 heavy (non-hydrogen) atoms. The van der Waals surface area contributed by atoms with Crippen LogP contribution in [0.4, 0.5) is 0 Å². The molecule has 5 rings (SSSR count). The second-order valence-corrected chi connectivity index (χ2v) is 7.29. The number of hydrogen-bond donors (Lipinski definition) is 0. The van der Waals surface area contributed by atoms with Gasteiger partial charge in [0.05, 0.1) is 23.6 Å². The lowest BCUT2D eigenvalue weighted by Gasteiger charge is -2.23. The highest BCUT2D eigenvalue weighted by Gasteiger charge is 2.31. The van der Waals surface area contributed by atoms with Crippen molar-refractivity contribution in [2.45, 2.75) is 25.4 Å². The van der Waals surface area contributed by atoms with E-state index in [0.29, 0.717) is 30.8 Å². The first-order valence-electron chi connectivity index (χ1n) is 9.66. The maximum absolute atomic E-state index is 12.8. The first-order chi connectivity index (χ1) is 14.3. The Morgan fingerprint density at radius 2 is 1.72 bits per heavy atom. The van der Waals surface area contributed by atoms with E-state index in [1.165, 1.54) is 0 Å². The number of Topliss-reactive ketones (excluding diaryl/α,β-unsaturated/α-hetero) is 1. The van der Waals surface area contributed by atoms with Crippen molar-refractivity contribution in [1.82, 2.24) is 19.8 Å². The van der Waals surface area contributed by atoms with Gasteiger partial charge in [-0.1, -0.05) is 60.7 Å². The molecule has 0 aliphatic heterocycles. The molecule has 0 saturated carbocycles. The summed E-state index contributed by atoms with van der Waals surface area (Å²) in [6.07, 6.45) is 1.13. The molecule has 1 aliphatic carbocycles. The molecular formula is C23H20N4O2. The highest BCUT2D eigenvalue weighted by Crippen LogP contribution is 2.34. The van der Waals surface area contributed by atoms with Gasteiger partial charge in [-0.25, -0.2) is 4.52 Å². The maximum atomic E-state index is 12.8. The Kier molecular flexibility index (Phi) is 4.41. The Labute approximate surface area is 168 Å². The first-order valence-corrected chi connectivity index (χ1v) is 9.66. The van der Waals surface area contributed by atoms with E-state index in [0.717, 1.165) is 28.1 Å². The smallest absolute Gasteiger partial charge is 0.185 e. The van der Waals surface area contributed by atoms with Crippen molar-refractivity contribution in [2.24, 2.45) is 0 Å². The summed E-state index contributed by atoms with van der Waals surface area (Å²) in [6.45, 7) is 0.360. The van der Waals surface area contributed by atoms with Crippen LogP contribution in [0.5, 0.6) is 0 Å². The minimum Gasteiger partial charge on any atom is -0.378 e. The molecule has 6 nitrogen and oxygen atoms in total. The van der Waals surface area contributed by atoms with Crippen molar-refractivity contribution in [3.63, 3.8) is 0 Å². The zero-order valence-electron chi connectivity index (χ0n) is 16.1. The molecule has 2 aromatic carbocycles. The van der Waals surface area contributed by atoms with Crippen LogP contribution in [0.25, 0.3) is 16.8 Å². The third-order valence-electron chi connectivity index (χ3n) is 5.46. The molecule has 2 heterocycles. The highest BCUT2D eigenvalue weighted by molar-refractivity contribution is 5.97. The molecular weight excluding hydrogens is 364 g/mol. The summed E-state index contributed by atoms with van der Waals surface area (Å²) in [5.41, 5.74) is 5.75. The van der Waals surface area contributed by atoms with Crippen LogP contribution in [-0.2, 0) is 17.8 Å². The molecule has 0 unspecified atom stereocenters. The van der Waals surface area contributed by atoms with Gasteiger partial charge in [-0.15, -0.1) is 10.2 Å². The van der Waals surface area contributed by atoms with E-state index >= 15 is 0 Å². The molecule has 144 valence electrons. The molecule has 4 aromatic rings. The van der Waals surface area contributed by atoms with Crippen molar-refractivity contribution in [3.8, 4) is 11.1 Å². The van der Waals surface area contributed by atoms with Gasteiger partial charge in [-0.3, -0.25) is 4.79 Å². The zero-order valence-corrected chi connectivity index (χ0v) is 16.1. The van der Waals surface area contributed by atoms with Crippen LogP contribution in [0.3, 0.4) is 0 Å². The summed E-state index contributed by atoms with van der Waals surface area (Å²) in [4.78, 5) is 12.8. The maximum Gasteiger partial charge on any atom is 0.185 e. The number of fused-ring (bicyclic) bond motifs is 3. The molecule has 0 radical (unpaired) electrons. The molecule has 0 amide bonds. The van der Waals surface area contributed by atoms with E-state index in [1.807, 2.05) is 48.5 Å². The van der Waals surface area contributed by atoms with Gasteiger partial charge in [0.25, 0.3) is 0 Å². The van der Waals surface area contributed by atoms with Crippen LogP contribution in [0.2, 0.25) is 0 Å². The Balaban J connectivity index is 1.70. The largest absolute Gasteiger partial charge is 0.378 e. The van der Waals surface area contributed by atoms with Crippen molar-refractivity contribution in [1.29, 1.82) is 0 Å². The molecule has 0 spiro atoms. The standard InChI is InChI=1S/C23H20N4O2/c1-29-14-18-21(16-10-6-3-7-11-16)23-25-24-22-19(27(23)26-18)12-17(13-20(22)28)15-8-4-2-5-9-15/h2-11,17H,12-14H2,1H3/t17-/m0/s1. The van der Waals surface area contributed by atoms with Gasteiger partial charge >= 0.3 is 0 Å². The number of nitrogens with zero attached hydrogens (tertiary/aromatic N) is 4. The van der Waals surface area contributed by atoms with Crippen LogP contribution < -0.4 is 0 Å². The fourth-order valence-corrected chi connectivity index (χ4v) is 4.11. The molecule has 0 fully saturated rings. The van der Waals surface area contributed by atoms with Gasteiger partial charge in [0, 0.05) is 13.5 Å². The van der Waals surface area contributed by atoms with E-state index < -0.39 is 0 Å². The summed E-state index contributed by atoms with van der Waals surface area (Å²) < 4.78 is 7.18. The number of ether oxygens (including phenoxy) is 1. The number of carbonyl (C=O) groups is 1. The minimum atomic E-state index is 0.0135. The molecule has 0 N–H and O–H groups in total. The predicted molar refractivity (Wildman–Crippen MR) is 109 cm³/mol. The van der Waals surface area contributed by atoms with Crippen molar-refractivity contribution >= 4 is 11.4 Å². The van der Waals surface area contributed by atoms with Crippen LogP contribution in [0, 0.1) is 0 Å². The molecule has 1 aliphatic rings. The Morgan fingerprint density at radius 1 is 1.00 bits per heavy atom. The van der Waals surface area contributed by atoms with Crippen LogP contribution in [0.1, 0.15) is 39.8 Å². The molecule has 0 bridgehead atoms. The molecule has 0 saturated heterocycles. The quantitative estimate of drug-likeness (QED) is 0.535. The Bertz CT molecular complexity index is 1190. The topological polar surface area (TPSA) is 69.4 Å². The average molecular weight is 384 g/mol. The Morgan fingerprint density at radius 3 is 2.45 bits per heavy atom. The summed E-state index contributed by atoms with van der Waals surface area (Å²) in [7, 11) is 1.65. The summed E-state index contributed by atoms with van der Waals surface area (Å²) in [5, 5.41) is 13.5. The van der Waals surface area contributed by atoms with Crippen molar-refractivity contribution in [3.05, 3.63) is 83.3 Å². The molecule has 2 aromatic heterocycles. The van der Waals surface area contributed by atoms with Crippen LogP contribution >= 0.6 is 0 Å². The number of benzene rings is 2. The van der Waals surface area contributed by atoms with Gasteiger partial charge in [0.2, 0.25) is 0 Å². The van der Waals surface area contributed by atoms with Crippen molar-refractivity contribution in [2.75, 3.05) is 7.11 Å². The fourth-order valence-electron chi connectivity index (χ4n) is 4.11. The van der Waals surface area contributed by atoms with E-state index in [9.17, 15) is 4.79 Å². The zero-order chi connectivity index (χ0) is 19.8. The normalized spacial score (nSPS) is 16.2. The third kappa shape index (κ3) is 3.02. The monoisotopic (exact) mass is 384 g/mol. The van der Waals surface area contributed by atoms with Gasteiger partial charge in [0.15, 0.2) is 17.1 Å². The molecule has 6 heteroatoms. The van der Waals surface area contributed by atoms with Crippen molar-refractivity contribution < 1.29 is 9.53 Å². The van der Waals surface area contributed by atoms with E-state index in [4.69, 9.17) is 9.84 Å². The van der Waals surface area contributed by atoms with Crippen LogP contribution in [0.15, 0.2) is 60.7 Å². The lowest BCUT2D eigenvalue weighted by Crippen LogP contribution is -2.24. The lowest BCUT2D eigenvalue weighted by atomic mass is 9.83. The highest BCUT2D eigenvalue weighted by atomic mass is 16.5. The SMILES string of the molecule is COCc1nn2c3c(nnc2c1-c1ccccc1)C(=O)C[C@@H](c1ccccc1)C3. The van der Waals surface area contributed by atoms with Gasteiger partial charge in [-0.05, 0) is 23.5 Å². The van der Waals surface area contributed by atoms with Gasteiger partial charge < -0.3 is 4.74 Å². The number of hydrogen-bond acceptors (Lipinski definition) is 5. The summed E-state index contributed by atoms with van der Waals surface area (Å²) >= 11 is 0. The predicted octanol–water partition coefficient (Wildman–Crippen LogP) is 3.85. The number of aromatic nitrogens is 4. The van der Waals surface area contributed by atoms with E-state index in [-0.39, 0.29) is 11.7 Å². The van der Waals surface area contributed by atoms with E-state index in [2.05, 4.69) is 22.3 Å².